The van der Waals surface area contributed by atoms with Crippen molar-refractivity contribution in [2.24, 2.45) is 4.99 Å². The van der Waals surface area contributed by atoms with Gasteiger partial charge >= 0.3 is 0 Å². The highest BCUT2D eigenvalue weighted by atomic mass is 32.2. The number of hydrogen-bond acceptors (Lipinski definition) is 5. The van der Waals surface area contributed by atoms with Gasteiger partial charge in [0.1, 0.15) is 22.2 Å². The first-order valence-corrected chi connectivity index (χ1v) is 7.39. The number of carbonyl (C=O) groups excluding carboxylic acids is 1. The minimum absolute atomic E-state index is 0.0932. The molecule has 0 saturated heterocycles. The maximum absolute atomic E-state index is 13.7. The van der Waals surface area contributed by atoms with Crippen LogP contribution < -0.4 is 9.46 Å². The Morgan fingerprint density at radius 3 is 2.57 bits per heavy atom. The lowest BCUT2D eigenvalue weighted by atomic mass is 10.3. The second-order valence-corrected chi connectivity index (χ2v) is 5.44. The van der Waals surface area contributed by atoms with Gasteiger partial charge in [0.15, 0.2) is 0 Å². The summed E-state index contributed by atoms with van der Waals surface area (Å²) in [6.45, 7) is 3.10. The molecule has 0 aliphatic heterocycles. The van der Waals surface area contributed by atoms with Crippen LogP contribution in [-0.4, -0.2) is 27.6 Å². The first-order chi connectivity index (χ1) is 9.85. The predicted octanol–water partition coefficient (Wildman–Crippen LogP) is 1.63. The van der Waals surface area contributed by atoms with E-state index in [9.17, 15) is 17.6 Å². The van der Waals surface area contributed by atoms with Gasteiger partial charge in [0.25, 0.3) is 15.9 Å². The normalized spacial score (nSPS) is 12.5. The molecule has 0 unspecified atom stereocenters. The molecule has 0 saturated carbocycles. The minimum Gasteiger partial charge on any atom is -0.497 e. The number of methoxy groups -OCH3 is 1. The van der Waals surface area contributed by atoms with Crippen LogP contribution in [0.3, 0.4) is 0 Å². The number of benzene rings is 1. The molecule has 1 aromatic carbocycles. The number of carbonyl (C=O) groups is 1. The molecule has 1 amide bonds. The summed E-state index contributed by atoms with van der Waals surface area (Å²) in [4.78, 5) is 14.8. The van der Waals surface area contributed by atoms with E-state index in [1.165, 1.54) is 32.4 Å². The van der Waals surface area contributed by atoms with Crippen molar-refractivity contribution in [3.8, 4) is 5.75 Å². The number of ether oxygens (including phenoxy) is 1. The van der Waals surface area contributed by atoms with Crippen LogP contribution >= 0.6 is 0 Å². The predicted molar refractivity (Wildman–Crippen MR) is 76.2 cm³/mol. The molecule has 114 valence electrons. The molecular formula is C13H15FN2O4S. The molecule has 0 aliphatic carbocycles. The van der Waals surface area contributed by atoms with Gasteiger partial charge in [-0.3, -0.25) is 9.79 Å². The minimum atomic E-state index is -4.37. The zero-order valence-corrected chi connectivity index (χ0v) is 12.6. The Kier molecular flexibility index (Phi) is 5.60. The Morgan fingerprint density at radius 2 is 2.05 bits per heavy atom. The Morgan fingerprint density at radius 1 is 1.38 bits per heavy atom. The van der Waals surface area contributed by atoms with Crippen molar-refractivity contribution in [3.05, 3.63) is 35.8 Å². The molecule has 0 fully saturated rings. The van der Waals surface area contributed by atoms with E-state index in [0.717, 1.165) is 12.1 Å². The van der Waals surface area contributed by atoms with Crippen molar-refractivity contribution >= 4 is 22.1 Å². The fraction of sp³-hybridized carbons (Fsp3) is 0.231. The summed E-state index contributed by atoms with van der Waals surface area (Å²) < 4.78 is 44.3. The largest absolute Gasteiger partial charge is 0.497 e. The van der Waals surface area contributed by atoms with Crippen molar-refractivity contribution in [1.29, 1.82) is 0 Å². The highest BCUT2D eigenvalue weighted by Crippen LogP contribution is 2.21. The highest BCUT2D eigenvalue weighted by Gasteiger charge is 2.23. The van der Waals surface area contributed by atoms with Crippen LogP contribution in [0, 0.1) is 5.82 Å². The maximum Gasteiger partial charge on any atom is 0.283 e. The summed E-state index contributed by atoms with van der Waals surface area (Å²) in [6, 6.07) is 3.21. The Bertz CT molecular complexity index is 696. The molecule has 1 aromatic rings. The van der Waals surface area contributed by atoms with Gasteiger partial charge in [0.05, 0.1) is 7.11 Å². The number of allylic oxidation sites excluding steroid dienone is 1. The summed E-state index contributed by atoms with van der Waals surface area (Å²) in [7, 11) is -3.05. The lowest BCUT2D eigenvalue weighted by Crippen LogP contribution is -2.32. The van der Waals surface area contributed by atoms with Gasteiger partial charge in [0, 0.05) is 12.3 Å². The molecule has 0 spiro atoms. The number of aliphatic imine (C=N–C) groups is 1. The third-order valence-corrected chi connectivity index (χ3v) is 3.78. The van der Waals surface area contributed by atoms with Crippen LogP contribution in [0.4, 0.5) is 4.39 Å². The molecular weight excluding hydrogens is 299 g/mol. The van der Waals surface area contributed by atoms with Gasteiger partial charge in [-0.15, -0.1) is 0 Å². The molecule has 6 nitrogen and oxygen atoms in total. The zero-order valence-electron chi connectivity index (χ0n) is 11.8. The van der Waals surface area contributed by atoms with Crippen LogP contribution in [0.15, 0.2) is 39.9 Å². The third-order valence-electron chi connectivity index (χ3n) is 2.43. The fourth-order valence-corrected chi connectivity index (χ4v) is 2.50. The first-order valence-electron chi connectivity index (χ1n) is 5.91. The second-order valence-electron chi connectivity index (χ2n) is 3.79. The van der Waals surface area contributed by atoms with Crippen LogP contribution in [0.2, 0.25) is 0 Å². The lowest BCUT2D eigenvalue weighted by Gasteiger charge is -2.09. The number of hydrogen-bond donors (Lipinski definition) is 1. The van der Waals surface area contributed by atoms with Crippen LogP contribution in [0.25, 0.3) is 0 Å². The highest BCUT2D eigenvalue weighted by molar-refractivity contribution is 7.90. The van der Waals surface area contributed by atoms with E-state index in [1.54, 1.807) is 11.6 Å². The van der Waals surface area contributed by atoms with Crippen molar-refractivity contribution in [3.63, 3.8) is 0 Å². The van der Waals surface area contributed by atoms with E-state index >= 15 is 0 Å². The second kappa shape index (κ2) is 6.98. The number of sulfonamides is 1. The van der Waals surface area contributed by atoms with Gasteiger partial charge in [-0.25, -0.2) is 17.5 Å². The number of halogens is 1. The molecule has 1 N–H and O–H groups in total. The van der Waals surface area contributed by atoms with E-state index < -0.39 is 26.6 Å². The summed E-state index contributed by atoms with van der Waals surface area (Å²) in [5, 5.41) is 0. The van der Waals surface area contributed by atoms with E-state index in [-0.39, 0.29) is 11.4 Å². The molecule has 8 heteroatoms. The molecule has 0 atom stereocenters. The molecule has 0 heterocycles. The van der Waals surface area contributed by atoms with E-state index in [0.29, 0.717) is 0 Å². The van der Waals surface area contributed by atoms with Crippen molar-refractivity contribution in [2.75, 3.05) is 7.11 Å². The summed E-state index contributed by atoms with van der Waals surface area (Å²) >= 11 is 0. The van der Waals surface area contributed by atoms with E-state index in [2.05, 4.69) is 4.99 Å². The molecule has 0 bridgehead atoms. The van der Waals surface area contributed by atoms with Crippen LogP contribution in [-0.2, 0) is 14.8 Å². The summed E-state index contributed by atoms with van der Waals surface area (Å²) in [6.07, 6.45) is 2.68. The molecule has 0 radical (unpaired) electrons. The lowest BCUT2D eigenvalue weighted by molar-refractivity contribution is -0.115. The number of nitrogens with one attached hydrogen (secondary N) is 1. The van der Waals surface area contributed by atoms with E-state index in [4.69, 9.17) is 4.74 Å². The van der Waals surface area contributed by atoms with E-state index in [1.807, 2.05) is 0 Å². The number of amides is 1. The van der Waals surface area contributed by atoms with Crippen molar-refractivity contribution in [2.45, 2.75) is 18.7 Å². The number of rotatable bonds is 5. The van der Waals surface area contributed by atoms with Gasteiger partial charge in [-0.1, -0.05) is 6.08 Å². The standard InChI is InChI=1S/C13H15FN2O4S/c1-4-11(15-5-2)13(17)16-21(18,19)12-8-9(20-3)6-7-10(12)14/h4-8H,1-3H3,(H,16,17)/b11-4-,15-5?. The average molecular weight is 314 g/mol. The van der Waals surface area contributed by atoms with Crippen molar-refractivity contribution < 1.29 is 22.3 Å². The SMILES string of the molecule is CC=N/C(=C\C)C(=O)NS(=O)(=O)c1cc(OC)ccc1F. The zero-order chi connectivity index (χ0) is 16.0. The maximum atomic E-state index is 13.7. The Balaban J connectivity index is 3.15. The molecule has 21 heavy (non-hydrogen) atoms. The summed E-state index contributed by atoms with van der Waals surface area (Å²) in [5.41, 5.74) is -0.0932. The summed E-state index contributed by atoms with van der Waals surface area (Å²) in [5.74, 6) is -1.78. The molecule has 1 rings (SSSR count). The molecule has 0 aliphatic rings. The van der Waals surface area contributed by atoms with Crippen molar-refractivity contribution in [1.82, 2.24) is 4.72 Å². The Labute approximate surface area is 122 Å². The quantitative estimate of drug-likeness (QED) is 0.661. The average Bonchev–Trinajstić information content (AvgIpc) is 2.44. The van der Waals surface area contributed by atoms with Gasteiger partial charge in [-0.05, 0) is 26.0 Å². The number of nitrogens with zero attached hydrogens (tertiary/aromatic N) is 1. The van der Waals surface area contributed by atoms with Crippen LogP contribution in [0.1, 0.15) is 13.8 Å². The van der Waals surface area contributed by atoms with Gasteiger partial charge in [-0.2, -0.15) is 0 Å². The monoisotopic (exact) mass is 314 g/mol. The van der Waals surface area contributed by atoms with Crippen LogP contribution in [0.5, 0.6) is 5.75 Å². The third kappa shape index (κ3) is 4.12. The Hall–Kier alpha value is -2.22. The smallest absolute Gasteiger partial charge is 0.283 e. The van der Waals surface area contributed by atoms with Gasteiger partial charge < -0.3 is 4.74 Å². The fourth-order valence-electron chi connectivity index (χ4n) is 1.45. The first kappa shape index (κ1) is 16.8. The topological polar surface area (TPSA) is 84.8 Å². The molecule has 0 aromatic heterocycles. The van der Waals surface area contributed by atoms with Gasteiger partial charge in [0.2, 0.25) is 0 Å².